The molecular formula is C71H123N2O7P. The van der Waals surface area contributed by atoms with Crippen LogP contribution in [0.2, 0.25) is 0 Å². The van der Waals surface area contributed by atoms with Crippen molar-refractivity contribution in [3.63, 3.8) is 0 Å². The minimum atomic E-state index is -4.72. The molecule has 0 aromatic heterocycles. The van der Waals surface area contributed by atoms with Crippen LogP contribution in [0.25, 0.3) is 0 Å². The lowest BCUT2D eigenvalue weighted by molar-refractivity contribution is -0.870. The number of nitrogens with zero attached hydrogens (tertiary/aromatic N) is 1. The van der Waals surface area contributed by atoms with E-state index in [2.05, 4.69) is 135 Å². The maximum atomic E-state index is 13.6. The molecule has 0 saturated carbocycles. The SMILES string of the molecule is CC/C=C\C/C=C\C/C=C\C/C=C\C/C=C\CCCCCC(=O)OC(/C=C\CCCCCCCCCCCCC)C(COP(=O)([O-])OCC[N+](C)(C)C)NC(=O)CCCCCCCCC/C=C\C/C=C\C/C=C\C/C=C\CCCCC. The molecule has 464 valence electrons. The topological polar surface area (TPSA) is 114 Å². The van der Waals surface area contributed by atoms with Gasteiger partial charge in [-0.1, -0.05) is 252 Å². The molecule has 0 rings (SSSR count). The Balaban J connectivity index is 5.31. The first-order valence-electron chi connectivity index (χ1n) is 32.8. The summed E-state index contributed by atoms with van der Waals surface area (Å²) in [6.45, 7) is 6.67. The number of allylic oxidation sites excluding steroid dienone is 19. The van der Waals surface area contributed by atoms with Gasteiger partial charge in [0.25, 0.3) is 7.82 Å². The third-order valence-corrected chi connectivity index (χ3v) is 14.8. The number of carbonyl (C=O) groups is 2. The normalized spacial score (nSPS) is 14.4. The molecule has 0 aliphatic rings. The van der Waals surface area contributed by atoms with Gasteiger partial charge in [-0.2, -0.15) is 0 Å². The Bertz CT molecular complexity index is 1800. The zero-order chi connectivity index (χ0) is 59.3. The van der Waals surface area contributed by atoms with Crippen molar-refractivity contribution in [2.24, 2.45) is 0 Å². The van der Waals surface area contributed by atoms with Crippen molar-refractivity contribution in [1.29, 1.82) is 0 Å². The molecule has 0 radical (unpaired) electrons. The number of quaternary nitrogens is 1. The highest BCUT2D eigenvalue weighted by Gasteiger charge is 2.27. The number of carbonyl (C=O) groups excluding carboxylic acids is 2. The van der Waals surface area contributed by atoms with E-state index < -0.39 is 26.6 Å². The number of phosphoric ester groups is 1. The standard InChI is InChI=1S/C71H123N2O7P/c1-7-10-13-16-19-22-25-28-30-32-34-35-36-37-39-40-42-45-48-51-54-57-60-63-70(74)72-68(67-79-81(76,77)78-66-65-73(4,5)6)69(62-59-56-53-50-47-44-27-24-21-18-15-12-9-3)80-71(75)64-61-58-55-52-49-46-43-41-38-33-31-29-26-23-20-17-14-11-8-2/h11,14,19-20,22-23,28-31,34-35,37-39,41,46,49,59,62,68-69H,7-10,12-13,15-18,21,24-27,32-33,36,40,42-45,47-48,50-58,60-61,63-67H2,1-6H3,(H-,72,74,76,77)/b14-11-,22-19-,23-20-,30-28-,31-29-,35-34-,39-37-,41-38-,49-46-,62-59-. The van der Waals surface area contributed by atoms with Gasteiger partial charge in [-0.25, -0.2) is 0 Å². The summed E-state index contributed by atoms with van der Waals surface area (Å²) in [4.78, 5) is 40.1. The predicted molar refractivity (Wildman–Crippen MR) is 348 cm³/mol. The van der Waals surface area contributed by atoms with Crippen molar-refractivity contribution in [2.75, 3.05) is 40.9 Å². The molecule has 0 bridgehead atoms. The molecule has 81 heavy (non-hydrogen) atoms. The van der Waals surface area contributed by atoms with Gasteiger partial charge in [-0.15, -0.1) is 0 Å². The van der Waals surface area contributed by atoms with Gasteiger partial charge in [-0.3, -0.25) is 14.2 Å². The molecule has 3 unspecified atom stereocenters. The van der Waals surface area contributed by atoms with Crippen molar-refractivity contribution in [1.82, 2.24) is 5.32 Å². The highest BCUT2D eigenvalue weighted by atomic mass is 31.2. The number of likely N-dealkylation sites (N-methyl/N-ethyl adjacent to an activating group) is 1. The van der Waals surface area contributed by atoms with Crippen LogP contribution < -0.4 is 10.2 Å². The lowest BCUT2D eigenvalue weighted by Gasteiger charge is -2.30. The summed E-state index contributed by atoms with van der Waals surface area (Å²) in [6.07, 6.45) is 83.0. The van der Waals surface area contributed by atoms with Gasteiger partial charge in [0.1, 0.15) is 19.3 Å². The fourth-order valence-corrected chi connectivity index (χ4v) is 9.55. The Kier molecular flexibility index (Phi) is 56.9. The molecule has 1 N–H and O–H groups in total. The van der Waals surface area contributed by atoms with Gasteiger partial charge < -0.3 is 28.5 Å². The molecule has 0 fully saturated rings. The monoisotopic (exact) mass is 1150 g/mol. The van der Waals surface area contributed by atoms with E-state index in [1.54, 1.807) is 0 Å². The van der Waals surface area contributed by atoms with Gasteiger partial charge in [0.05, 0.1) is 33.8 Å². The van der Waals surface area contributed by atoms with E-state index in [9.17, 15) is 19.0 Å². The van der Waals surface area contributed by atoms with Crippen molar-refractivity contribution in [3.8, 4) is 0 Å². The molecule has 0 aliphatic carbocycles. The third-order valence-electron chi connectivity index (χ3n) is 13.9. The number of nitrogens with one attached hydrogen (secondary N) is 1. The molecule has 0 heterocycles. The van der Waals surface area contributed by atoms with Crippen LogP contribution in [0.15, 0.2) is 122 Å². The maximum Gasteiger partial charge on any atom is 0.306 e. The summed E-state index contributed by atoms with van der Waals surface area (Å²) in [7, 11) is 1.14. The predicted octanol–water partition coefficient (Wildman–Crippen LogP) is 20.0. The first-order chi connectivity index (χ1) is 39.4. The first kappa shape index (κ1) is 77.4. The summed E-state index contributed by atoms with van der Waals surface area (Å²) >= 11 is 0. The van der Waals surface area contributed by atoms with Crippen LogP contribution in [0.1, 0.15) is 265 Å². The van der Waals surface area contributed by atoms with E-state index >= 15 is 0 Å². The molecule has 10 heteroatoms. The Morgan fingerprint density at radius 1 is 0.444 bits per heavy atom. The zero-order valence-corrected chi connectivity index (χ0v) is 53.8. The summed E-state index contributed by atoms with van der Waals surface area (Å²) in [5.74, 6) is -0.596. The largest absolute Gasteiger partial charge is 0.756 e. The quantitative estimate of drug-likeness (QED) is 0.0212. The molecule has 0 aromatic rings. The lowest BCUT2D eigenvalue weighted by atomic mass is 10.0. The second kappa shape index (κ2) is 59.6. The number of hydrogen-bond acceptors (Lipinski definition) is 7. The summed E-state index contributed by atoms with van der Waals surface area (Å²) in [6, 6.07) is -0.917. The van der Waals surface area contributed by atoms with Crippen LogP contribution in [-0.2, 0) is 27.9 Å². The summed E-state index contributed by atoms with van der Waals surface area (Å²) in [5.41, 5.74) is 0. The number of phosphoric acid groups is 1. The second-order valence-corrected chi connectivity index (χ2v) is 24.3. The van der Waals surface area contributed by atoms with E-state index in [-0.39, 0.29) is 24.9 Å². The highest BCUT2D eigenvalue weighted by Crippen LogP contribution is 2.38. The first-order valence-corrected chi connectivity index (χ1v) is 34.3. The summed E-state index contributed by atoms with van der Waals surface area (Å²) in [5, 5.41) is 3.02. The fourth-order valence-electron chi connectivity index (χ4n) is 8.83. The molecule has 3 atom stereocenters. The van der Waals surface area contributed by atoms with Crippen LogP contribution in [0, 0.1) is 0 Å². The van der Waals surface area contributed by atoms with E-state index in [0.29, 0.717) is 30.3 Å². The molecular weight excluding hydrogens is 1020 g/mol. The highest BCUT2D eigenvalue weighted by molar-refractivity contribution is 7.45. The average Bonchev–Trinajstić information content (AvgIpc) is 3.44. The number of esters is 1. The van der Waals surface area contributed by atoms with Gasteiger partial charge >= 0.3 is 5.97 Å². The van der Waals surface area contributed by atoms with E-state index in [1.807, 2.05) is 33.3 Å². The lowest BCUT2D eigenvalue weighted by Crippen LogP contribution is -2.47. The zero-order valence-electron chi connectivity index (χ0n) is 52.9. The number of amides is 1. The molecule has 0 aliphatic heterocycles. The van der Waals surface area contributed by atoms with Gasteiger partial charge in [-0.05, 0) is 122 Å². The fraction of sp³-hybridized carbons (Fsp3) is 0.690. The average molecular weight is 1150 g/mol. The second-order valence-electron chi connectivity index (χ2n) is 22.9. The maximum absolute atomic E-state index is 13.6. The Labute approximate surface area is 499 Å². The molecule has 0 aromatic carbocycles. The Morgan fingerprint density at radius 3 is 1.22 bits per heavy atom. The van der Waals surface area contributed by atoms with Crippen molar-refractivity contribution >= 4 is 19.7 Å². The van der Waals surface area contributed by atoms with Gasteiger partial charge in [0.15, 0.2) is 0 Å². The van der Waals surface area contributed by atoms with Gasteiger partial charge in [0.2, 0.25) is 5.91 Å². The van der Waals surface area contributed by atoms with E-state index in [1.165, 1.54) is 103 Å². The van der Waals surface area contributed by atoms with E-state index in [0.717, 1.165) is 116 Å². The number of ether oxygens (including phenoxy) is 1. The Morgan fingerprint density at radius 2 is 0.790 bits per heavy atom. The molecule has 1 amide bonds. The molecule has 0 spiro atoms. The van der Waals surface area contributed by atoms with Crippen LogP contribution in [0.4, 0.5) is 0 Å². The number of rotatable bonds is 58. The van der Waals surface area contributed by atoms with E-state index in [4.69, 9.17) is 13.8 Å². The third kappa shape index (κ3) is 60.8. The van der Waals surface area contributed by atoms with Crippen LogP contribution >= 0.6 is 7.82 Å². The summed E-state index contributed by atoms with van der Waals surface area (Å²) < 4.78 is 30.3. The minimum absolute atomic E-state index is 0.0367. The van der Waals surface area contributed by atoms with Crippen molar-refractivity contribution in [3.05, 3.63) is 122 Å². The van der Waals surface area contributed by atoms with Gasteiger partial charge in [0, 0.05) is 12.8 Å². The number of hydrogen-bond donors (Lipinski definition) is 1. The van der Waals surface area contributed by atoms with Crippen molar-refractivity contribution < 1.29 is 37.3 Å². The van der Waals surface area contributed by atoms with Crippen LogP contribution in [0.5, 0.6) is 0 Å². The molecule has 0 saturated heterocycles. The molecule has 9 nitrogen and oxygen atoms in total. The van der Waals surface area contributed by atoms with Crippen LogP contribution in [0.3, 0.4) is 0 Å². The minimum Gasteiger partial charge on any atom is -0.756 e. The smallest absolute Gasteiger partial charge is 0.306 e. The van der Waals surface area contributed by atoms with Crippen LogP contribution in [-0.4, -0.2) is 69.4 Å². The number of unbranched alkanes of at least 4 members (excludes halogenated alkanes) is 24. The van der Waals surface area contributed by atoms with Crippen molar-refractivity contribution in [2.45, 2.75) is 277 Å². The Hall–Kier alpha value is -3.59.